The van der Waals surface area contributed by atoms with Gasteiger partial charge >= 0.3 is 0 Å². The Kier molecular flexibility index (Phi) is 7.31. The molecule has 0 bridgehead atoms. The summed E-state index contributed by atoms with van der Waals surface area (Å²) in [5.74, 6) is -0.903. The normalized spacial score (nSPS) is 10.2. The van der Waals surface area contributed by atoms with Crippen molar-refractivity contribution in [2.24, 2.45) is 0 Å². The van der Waals surface area contributed by atoms with E-state index in [1.807, 2.05) is 6.92 Å². The summed E-state index contributed by atoms with van der Waals surface area (Å²) in [5, 5.41) is 8.53. The number of pyridine rings is 1. The minimum atomic E-state index is -0.569. The van der Waals surface area contributed by atoms with Crippen molar-refractivity contribution in [3.63, 3.8) is 0 Å². The van der Waals surface area contributed by atoms with Crippen LogP contribution in [0.25, 0.3) is 0 Å². The van der Waals surface area contributed by atoms with Gasteiger partial charge in [0.05, 0.1) is 12.2 Å². The first-order valence-electron chi connectivity index (χ1n) is 8.30. The van der Waals surface area contributed by atoms with E-state index in [4.69, 9.17) is 11.6 Å². The van der Waals surface area contributed by atoms with Gasteiger partial charge in [0.25, 0.3) is 0 Å². The van der Waals surface area contributed by atoms with E-state index in [9.17, 15) is 14.0 Å². The molecular weight excluding hydrogens is 371 g/mol. The molecule has 0 aliphatic heterocycles. The Hall–Kier alpha value is -2.93. The van der Waals surface area contributed by atoms with E-state index in [1.54, 1.807) is 24.3 Å². The lowest BCUT2D eigenvalue weighted by Gasteiger charge is -2.11. The van der Waals surface area contributed by atoms with Crippen LogP contribution in [0, 0.1) is 5.82 Å². The second kappa shape index (κ2) is 9.68. The highest BCUT2D eigenvalue weighted by molar-refractivity contribution is 6.31. The van der Waals surface area contributed by atoms with Gasteiger partial charge in [0.1, 0.15) is 11.6 Å². The molecule has 6 nitrogen and oxygen atoms in total. The number of halogens is 2. The zero-order valence-electron chi connectivity index (χ0n) is 14.8. The fraction of sp³-hybridized carbons (Fsp3) is 0.211. The summed E-state index contributed by atoms with van der Waals surface area (Å²) in [4.78, 5) is 27.0. The first-order chi connectivity index (χ1) is 12.9. The summed E-state index contributed by atoms with van der Waals surface area (Å²) in [6.45, 7) is 5.77. The van der Waals surface area contributed by atoms with Crippen LogP contribution in [0.2, 0.25) is 5.02 Å². The molecule has 2 amide bonds. The largest absolute Gasteiger partial charge is 0.376 e. The number of hydrogen-bond donors (Lipinski definition) is 3. The van der Waals surface area contributed by atoms with E-state index in [1.165, 1.54) is 6.07 Å². The van der Waals surface area contributed by atoms with Crippen LogP contribution in [0.5, 0.6) is 0 Å². The van der Waals surface area contributed by atoms with Crippen LogP contribution < -0.4 is 16.0 Å². The molecule has 0 saturated heterocycles. The van der Waals surface area contributed by atoms with Crippen molar-refractivity contribution in [3.05, 3.63) is 65.1 Å². The quantitative estimate of drug-likeness (QED) is 0.603. The Labute approximate surface area is 161 Å². The average molecular weight is 391 g/mol. The van der Waals surface area contributed by atoms with Crippen LogP contribution in [0.1, 0.15) is 18.2 Å². The number of aromatic nitrogens is 1. The van der Waals surface area contributed by atoms with Gasteiger partial charge in [-0.2, -0.15) is 0 Å². The van der Waals surface area contributed by atoms with Gasteiger partial charge in [-0.05, 0) is 48.9 Å². The van der Waals surface area contributed by atoms with Gasteiger partial charge in [-0.25, -0.2) is 9.37 Å². The second-order valence-corrected chi connectivity index (χ2v) is 6.02. The van der Waals surface area contributed by atoms with Gasteiger partial charge in [-0.15, -0.1) is 0 Å². The maximum Gasteiger partial charge on any atom is 0.249 e. The SMILES string of the molecule is C=CC(=O)NC(=O)CNc1ccc(Cl)c(Cc2nc(NCC)ccc2F)c1. The highest BCUT2D eigenvalue weighted by Gasteiger charge is 2.11. The molecule has 27 heavy (non-hydrogen) atoms. The molecule has 1 aromatic carbocycles. The van der Waals surface area contributed by atoms with Gasteiger partial charge in [0, 0.05) is 23.7 Å². The van der Waals surface area contributed by atoms with Crippen molar-refractivity contribution in [2.75, 3.05) is 23.7 Å². The minimum absolute atomic E-state index is 0.108. The number of amides is 2. The van der Waals surface area contributed by atoms with Crippen LogP contribution >= 0.6 is 11.6 Å². The highest BCUT2D eigenvalue weighted by Crippen LogP contribution is 2.24. The maximum absolute atomic E-state index is 14.1. The zero-order chi connectivity index (χ0) is 19.8. The molecule has 142 valence electrons. The van der Waals surface area contributed by atoms with E-state index in [2.05, 4.69) is 27.5 Å². The van der Waals surface area contributed by atoms with Crippen molar-refractivity contribution in [2.45, 2.75) is 13.3 Å². The molecule has 0 fully saturated rings. The molecule has 0 aliphatic rings. The number of carbonyl (C=O) groups is 2. The van der Waals surface area contributed by atoms with Gasteiger partial charge in [0.15, 0.2) is 0 Å². The Morgan fingerprint density at radius 3 is 2.74 bits per heavy atom. The topological polar surface area (TPSA) is 83.1 Å². The number of rotatable bonds is 8. The van der Waals surface area contributed by atoms with Crippen LogP contribution in [0.4, 0.5) is 15.9 Å². The molecule has 2 rings (SSSR count). The number of nitrogens with one attached hydrogen (secondary N) is 3. The summed E-state index contributed by atoms with van der Waals surface area (Å²) < 4.78 is 14.1. The Balaban J connectivity index is 2.11. The number of imide groups is 1. The van der Waals surface area contributed by atoms with E-state index in [-0.39, 0.29) is 18.7 Å². The molecule has 1 heterocycles. The van der Waals surface area contributed by atoms with E-state index in [0.29, 0.717) is 28.6 Å². The number of benzene rings is 1. The molecule has 0 atom stereocenters. The summed E-state index contributed by atoms with van der Waals surface area (Å²) in [6, 6.07) is 7.99. The maximum atomic E-state index is 14.1. The second-order valence-electron chi connectivity index (χ2n) is 5.61. The number of anilines is 2. The molecule has 2 aromatic rings. The molecular formula is C19H20ClFN4O2. The van der Waals surface area contributed by atoms with E-state index < -0.39 is 17.6 Å². The third kappa shape index (κ3) is 6.07. The van der Waals surface area contributed by atoms with Gasteiger partial charge in [-0.1, -0.05) is 18.2 Å². The first kappa shape index (κ1) is 20.4. The summed E-state index contributed by atoms with van der Waals surface area (Å²) in [7, 11) is 0. The molecule has 0 saturated carbocycles. The molecule has 0 aliphatic carbocycles. The predicted molar refractivity (Wildman–Crippen MR) is 104 cm³/mol. The fourth-order valence-corrected chi connectivity index (χ4v) is 2.49. The first-order valence-corrected chi connectivity index (χ1v) is 8.68. The van der Waals surface area contributed by atoms with Gasteiger partial charge < -0.3 is 10.6 Å². The van der Waals surface area contributed by atoms with E-state index in [0.717, 1.165) is 6.08 Å². The molecule has 3 N–H and O–H groups in total. The summed E-state index contributed by atoms with van der Waals surface area (Å²) in [5.41, 5.74) is 1.53. The van der Waals surface area contributed by atoms with Gasteiger partial charge in [-0.3, -0.25) is 14.9 Å². The van der Waals surface area contributed by atoms with Crippen molar-refractivity contribution in [1.29, 1.82) is 0 Å². The third-order valence-corrected chi connectivity index (χ3v) is 3.95. The lowest BCUT2D eigenvalue weighted by atomic mass is 10.1. The average Bonchev–Trinajstić information content (AvgIpc) is 2.65. The summed E-state index contributed by atoms with van der Waals surface area (Å²) >= 11 is 6.22. The monoisotopic (exact) mass is 390 g/mol. The standard InChI is InChI=1S/C19H20ClFN4O2/c1-3-18(26)25-19(27)11-23-13-5-6-14(20)12(9-13)10-16-15(21)7-8-17(24-16)22-4-2/h3,5-9,23H,1,4,10-11H2,2H3,(H,22,24)(H,25,26,27). The highest BCUT2D eigenvalue weighted by atomic mass is 35.5. The molecule has 0 unspecified atom stereocenters. The van der Waals surface area contributed by atoms with Crippen LogP contribution in [-0.2, 0) is 16.0 Å². The summed E-state index contributed by atoms with van der Waals surface area (Å²) in [6.07, 6.45) is 1.21. The number of hydrogen-bond acceptors (Lipinski definition) is 5. The van der Waals surface area contributed by atoms with Crippen molar-refractivity contribution in [1.82, 2.24) is 10.3 Å². The fourth-order valence-electron chi connectivity index (χ4n) is 2.30. The van der Waals surface area contributed by atoms with Crippen molar-refractivity contribution in [3.8, 4) is 0 Å². The van der Waals surface area contributed by atoms with Crippen molar-refractivity contribution >= 4 is 34.9 Å². The smallest absolute Gasteiger partial charge is 0.249 e. The molecule has 8 heteroatoms. The molecule has 0 radical (unpaired) electrons. The lowest BCUT2D eigenvalue weighted by Crippen LogP contribution is -2.33. The zero-order valence-corrected chi connectivity index (χ0v) is 15.6. The van der Waals surface area contributed by atoms with Crippen LogP contribution in [-0.4, -0.2) is 29.9 Å². The number of nitrogens with zero attached hydrogens (tertiary/aromatic N) is 1. The predicted octanol–water partition coefficient (Wildman–Crippen LogP) is 3.14. The minimum Gasteiger partial charge on any atom is -0.376 e. The van der Waals surface area contributed by atoms with Gasteiger partial charge in [0.2, 0.25) is 11.8 Å². The van der Waals surface area contributed by atoms with E-state index >= 15 is 0 Å². The Bertz CT molecular complexity index is 858. The third-order valence-electron chi connectivity index (χ3n) is 3.58. The lowest BCUT2D eigenvalue weighted by molar-refractivity contribution is -0.126. The molecule has 1 aromatic heterocycles. The molecule has 0 spiro atoms. The number of carbonyl (C=O) groups excluding carboxylic acids is 2. The van der Waals surface area contributed by atoms with Crippen molar-refractivity contribution < 1.29 is 14.0 Å². The van der Waals surface area contributed by atoms with Crippen LogP contribution in [0.15, 0.2) is 43.0 Å². The Morgan fingerprint density at radius 2 is 2.04 bits per heavy atom. The Morgan fingerprint density at radius 1 is 1.26 bits per heavy atom. The van der Waals surface area contributed by atoms with Crippen LogP contribution in [0.3, 0.4) is 0 Å².